The first-order valence-corrected chi connectivity index (χ1v) is 7.34. The molecule has 110 valence electrons. The van der Waals surface area contributed by atoms with E-state index in [2.05, 4.69) is 16.0 Å². The number of aryl methyl sites for hydroxylation is 1. The summed E-state index contributed by atoms with van der Waals surface area (Å²) in [6.45, 7) is 6.37. The van der Waals surface area contributed by atoms with Crippen molar-refractivity contribution in [3.05, 3.63) is 28.8 Å². The average molecular weight is 314 g/mol. The number of rotatable bonds is 5. The zero-order valence-corrected chi connectivity index (χ0v) is 13.5. The molecule has 1 atom stereocenters. The van der Waals surface area contributed by atoms with Gasteiger partial charge in [-0.1, -0.05) is 24.6 Å². The molecule has 0 radical (unpaired) electrons. The van der Waals surface area contributed by atoms with Crippen LogP contribution in [0.15, 0.2) is 18.2 Å². The van der Waals surface area contributed by atoms with Crippen LogP contribution < -0.4 is 16.0 Å². The summed E-state index contributed by atoms with van der Waals surface area (Å²) in [5.74, 6) is -0.0714. The van der Waals surface area contributed by atoms with Crippen molar-refractivity contribution in [2.45, 2.75) is 33.2 Å². The maximum absolute atomic E-state index is 11.7. The van der Waals surface area contributed by atoms with E-state index in [-0.39, 0.29) is 11.9 Å². The number of anilines is 1. The zero-order chi connectivity index (χ0) is 15.1. The van der Waals surface area contributed by atoms with Crippen LogP contribution in [0.2, 0.25) is 5.02 Å². The molecular weight excluding hydrogens is 294 g/mol. The summed E-state index contributed by atoms with van der Waals surface area (Å²) in [4.78, 5) is 11.7. The van der Waals surface area contributed by atoms with Crippen molar-refractivity contribution in [1.82, 2.24) is 10.6 Å². The molecule has 0 bridgehead atoms. The number of hydrogen-bond acceptors (Lipinski definition) is 2. The Morgan fingerprint density at radius 3 is 2.75 bits per heavy atom. The molecule has 3 N–H and O–H groups in total. The Morgan fingerprint density at radius 1 is 1.45 bits per heavy atom. The van der Waals surface area contributed by atoms with E-state index < -0.39 is 0 Å². The fraction of sp³-hybridized carbons (Fsp3) is 0.429. The molecule has 4 nitrogen and oxygen atoms in total. The summed E-state index contributed by atoms with van der Waals surface area (Å²) < 4.78 is 0. The second-order valence-corrected chi connectivity index (χ2v) is 5.39. The standard InChI is InChI=1S/C14H20ClN3OS/c1-4-7-16-13(19)10(3)17-14(20)18-11-6-5-9(2)12(15)8-11/h5-6,8,10H,4,7H2,1-3H3,(H,16,19)(H2,17,18,20)/t10-/m1/s1. The van der Waals surface area contributed by atoms with Crippen LogP contribution in [0.4, 0.5) is 5.69 Å². The number of halogens is 1. The second kappa shape index (κ2) is 8.07. The lowest BCUT2D eigenvalue weighted by Gasteiger charge is -2.17. The molecule has 0 aliphatic rings. The van der Waals surface area contributed by atoms with E-state index in [4.69, 9.17) is 23.8 Å². The minimum atomic E-state index is -0.387. The van der Waals surface area contributed by atoms with E-state index in [1.54, 1.807) is 13.0 Å². The van der Waals surface area contributed by atoms with E-state index in [1.807, 2.05) is 26.0 Å². The molecule has 1 amide bonds. The lowest BCUT2D eigenvalue weighted by molar-refractivity contribution is -0.122. The molecule has 6 heteroatoms. The maximum Gasteiger partial charge on any atom is 0.242 e. The molecule has 0 unspecified atom stereocenters. The zero-order valence-electron chi connectivity index (χ0n) is 11.9. The van der Waals surface area contributed by atoms with Crippen molar-refractivity contribution in [3.63, 3.8) is 0 Å². The molecule has 0 heterocycles. The first kappa shape index (κ1) is 16.7. The van der Waals surface area contributed by atoms with Crippen LogP contribution in [0.3, 0.4) is 0 Å². The van der Waals surface area contributed by atoms with Gasteiger partial charge in [0.05, 0.1) is 0 Å². The minimum absolute atomic E-state index is 0.0714. The average Bonchev–Trinajstić information content (AvgIpc) is 2.40. The molecule has 1 aromatic carbocycles. The highest BCUT2D eigenvalue weighted by Crippen LogP contribution is 2.19. The number of carbonyl (C=O) groups excluding carboxylic acids is 1. The molecule has 0 saturated carbocycles. The van der Waals surface area contributed by atoms with Gasteiger partial charge in [0.15, 0.2) is 5.11 Å². The van der Waals surface area contributed by atoms with E-state index in [0.29, 0.717) is 16.7 Å². The van der Waals surface area contributed by atoms with Crippen molar-refractivity contribution in [2.75, 3.05) is 11.9 Å². The quantitative estimate of drug-likeness (QED) is 0.732. The van der Waals surface area contributed by atoms with Crippen molar-refractivity contribution in [3.8, 4) is 0 Å². The van der Waals surface area contributed by atoms with E-state index in [0.717, 1.165) is 17.7 Å². The number of thiocarbonyl (C=S) groups is 1. The van der Waals surface area contributed by atoms with Gasteiger partial charge in [0.25, 0.3) is 0 Å². The predicted molar refractivity (Wildman–Crippen MR) is 88.3 cm³/mol. The Kier molecular flexibility index (Phi) is 6.75. The molecule has 1 aromatic rings. The fourth-order valence-corrected chi connectivity index (χ4v) is 1.98. The van der Waals surface area contributed by atoms with Gasteiger partial charge < -0.3 is 16.0 Å². The summed E-state index contributed by atoms with van der Waals surface area (Å²) in [6, 6.07) is 5.21. The largest absolute Gasteiger partial charge is 0.354 e. The Bertz CT molecular complexity index is 493. The van der Waals surface area contributed by atoms with Gasteiger partial charge in [0.1, 0.15) is 6.04 Å². The number of carbonyl (C=O) groups is 1. The van der Waals surface area contributed by atoms with Gasteiger partial charge >= 0.3 is 0 Å². The molecule has 1 rings (SSSR count). The fourth-order valence-electron chi connectivity index (χ4n) is 1.50. The van der Waals surface area contributed by atoms with Gasteiger partial charge in [0.2, 0.25) is 5.91 Å². The normalized spacial score (nSPS) is 11.6. The van der Waals surface area contributed by atoms with Crippen LogP contribution >= 0.6 is 23.8 Å². The number of benzene rings is 1. The van der Waals surface area contributed by atoms with Gasteiger partial charge in [-0.2, -0.15) is 0 Å². The third-order valence-electron chi connectivity index (χ3n) is 2.72. The number of hydrogen-bond donors (Lipinski definition) is 3. The van der Waals surface area contributed by atoms with Crippen molar-refractivity contribution >= 4 is 40.5 Å². The maximum atomic E-state index is 11.7. The third-order valence-corrected chi connectivity index (χ3v) is 3.35. The van der Waals surface area contributed by atoms with Crippen LogP contribution in [0.5, 0.6) is 0 Å². The highest BCUT2D eigenvalue weighted by atomic mass is 35.5. The van der Waals surface area contributed by atoms with Crippen molar-refractivity contribution < 1.29 is 4.79 Å². The highest BCUT2D eigenvalue weighted by Gasteiger charge is 2.12. The molecule has 0 spiro atoms. The van der Waals surface area contributed by atoms with Crippen molar-refractivity contribution in [2.24, 2.45) is 0 Å². The lowest BCUT2D eigenvalue weighted by Crippen LogP contribution is -2.46. The number of nitrogens with one attached hydrogen (secondary N) is 3. The van der Waals surface area contributed by atoms with E-state index in [1.165, 1.54) is 0 Å². The molecule has 20 heavy (non-hydrogen) atoms. The summed E-state index contributed by atoms with van der Waals surface area (Å²) in [7, 11) is 0. The van der Waals surface area contributed by atoms with E-state index in [9.17, 15) is 4.79 Å². The summed E-state index contributed by atoms with van der Waals surface area (Å²) >= 11 is 11.2. The molecule has 0 aliphatic carbocycles. The second-order valence-electron chi connectivity index (χ2n) is 4.58. The topological polar surface area (TPSA) is 53.2 Å². The van der Waals surface area contributed by atoms with Crippen LogP contribution in [0.1, 0.15) is 25.8 Å². The monoisotopic (exact) mass is 313 g/mol. The Balaban J connectivity index is 2.50. The Morgan fingerprint density at radius 2 is 2.15 bits per heavy atom. The molecular formula is C14H20ClN3OS. The molecule has 0 aliphatic heterocycles. The molecule has 0 fully saturated rings. The molecule has 0 aromatic heterocycles. The Labute approximate surface area is 130 Å². The smallest absolute Gasteiger partial charge is 0.242 e. The summed E-state index contributed by atoms with van der Waals surface area (Å²) in [6.07, 6.45) is 0.906. The highest BCUT2D eigenvalue weighted by molar-refractivity contribution is 7.80. The van der Waals surface area contributed by atoms with Crippen LogP contribution in [0.25, 0.3) is 0 Å². The van der Waals surface area contributed by atoms with Crippen LogP contribution in [-0.4, -0.2) is 23.6 Å². The number of amides is 1. The van der Waals surface area contributed by atoms with Crippen LogP contribution in [-0.2, 0) is 4.79 Å². The Hall–Kier alpha value is -1.33. The van der Waals surface area contributed by atoms with Gasteiger partial charge in [0, 0.05) is 17.3 Å². The van der Waals surface area contributed by atoms with Gasteiger partial charge in [-0.3, -0.25) is 4.79 Å². The summed E-state index contributed by atoms with van der Waals surface area (Å²) in [5, 5.41) is 9.82. The first-order chi connectivity index (χ1) is 9.43. The first-order valence-electron chi connectivity index (χ1n) is 6.55. The van der Waals surface area contributed by atoms with Gasteiger partial charge in [-0.05, 0) is 50.2 Å². The minimum Gasteiger partial charge on any atom is -0.354 e. The summed E-state index contributed by atoms with van der Waals surface area (Å²) in [5.41, 5.74) is 1.79. The predicted octanol–water partition coefficient (Wildman–Crippen LogP) is 2.85. The molecule has 0 saturated heterocycles. The van der Waals surface area contributed by atoms with E-state index >= 15 is 0 Å². The van der Waals surface area contributed by atoms with Crippen molar-refractivity contribution in [1.29, 1.82) is 0 Å². The van der Waals surface area contributed by atoms with Gasteiger partial charge in [-0.15, -0.1) is 0 Å². The lowest BCUT2D eigenvalue weighted by atomic mass is 10.2. The third kappa shape index (κ3) is 5.35. The van der Waals surface area contributed by atoms with Gasteiger partial charge in [-0.25, -0.2) is 0 Å². The SMILES string of the molecule is CCCNC(=O)[C@@H](C)NC(=S)Nc1ccc(C)c(Cl)c1. The van der Waals surface area contributed by atoms with Crippen LogP contribution in [0, 0.1) is 6.92 Å².